The fourth-order valence-corrected chi connectivity index (χ4v) is 2.14. The minimum absolute atomic E-state index is 0.243. The van der Waals surface area contributed by atoms with Gasteiger partial charge >= 0.3 is 5.97 Å². The predicted molar refractivity (Wildman–Crippen MR) is 82.9 cm³/mol. The third kappa shape index (κ3) is 4.34. The zero-order valence-electron chi connectivity index (χ0n) is 13.5. The summed E-state index contributed by atoms with van der Waals surface area (Å²) in [6.45, 7) is 11.6. The number of carboxylic acid groups (broad SMARTS) is 1. The quantitative estimate of drug-likeness (QED) is 0.891. The van der Waals surface area contributed by atoms with E-state index in [1.165, 1.54) is 5.56 Å². The van der Waals surface area contributed by atoms with E-state index in [9.17, 15) is 4.79 Å². The van der Waals surface area contributed by atoms with E-state index in [0.717, 1.165) is 12.1 Å². The summed E-state index contributed by atoms with van der Waals surface area (Å²) in [7, 11) is 2.13. The van der Waals surface area contributed by atoms with Gasteiger partial charge in [-0.1, -0.05) is 45.0 Å². The van der Waals surface area contributed by atoms with Crippen LogP contribution in [0.25, 0.3) is 0 Å². The largest absolute Gasteiger partial charge is 0.481 e. The van der Waals surface area contributed by atoms with Crippen molar-refractivity contribution in [3.63, 3.8) is 0 Å². The van der Waals surface area contributed by atoms with E-state index < -0.39 is 11.9 Å². The van der Waals surface area contributed by atoms with Crippen molar-refractivity contribution in [2.75, 3.05) is 7.05 Å². The van der Waals surface area contributed by atoms with Crippen LogP contribution in [0.4, 0.5) is 0 Å². The molecular weight excluding hydrogens is 250 g/mol. The number of aliphatic carboxylic acids is 1. The molecular formula is C17H27NO2. The molecule has 2 unspecified atom stereocenters. The molecule has 1 N–H and O–H groups in total. The molecule has 3 nitrogen and oxygen atoms in total. The van der Waals surface area contributed by atoms with Crippen LogP contribution in [0.2, 0.25) is 0 Å². The van der Waals surface area contributed by atoms with Gasteiger partial charge in [-0.3, -0.25) is 9.69 Å². The summed E-state index contributed by atoms with van der Waals surface area (Å²) in [5, 5.41) is 9.00. The summed E-state index contributed by atoms with van der Waals surface area (Å²) >= 11 is 0. The van der Waals surface area contributed by atoms with Gasteiger partial charge in [-0.15, -0.1) is 0 Å². The van der Waals surface area contributed by atoms with Gasteiger partial charge in [0.05, 0.1) is 5.92 Å². The zero-order chi connectivity index (χ0) is 15.5. The highest BCUT2D eigenvalue weighted by atomic mass is 16.4. The van der Waals surface area contributed by atoms with Crippen LogP contribution in [-0.4, -0.2) is 29.1 Å². The normalized spacial score (nSPS) is 15.2. The second kappa shape index (κ2) is 6.40. The van der Waals surface area contributed by atoms with Gasteiger partial charge in [0.25, 0.3) is 0 Å². The maximum absolute atomic E-state index is 11.0. The third-order valence-corrected chi connectivity index (χ3v) is 4.20. The Balaban J connectivity index is 2.73. The van der Waals surface area contributed by atoms with Crippen molar-refractivity contribution < 1.29 is 9.90 Å². The number of benzene rings is 1. The van der Waals surface area contributed by atoms with E-state index in [4.69, 9.17) is 5.11 Å². The standard InChI is InChI=1S/C17H27NO2/c1-12(16(19)20)15-9-7-14(8-10-15)11-18(6)13(2)17(3,4)5/h7-10,12-13H,11H2,1-6H3,(H,19,20). The van der Waals surface area contributed by atoms with Gasteiger partial charge in [0, 0.05) is 12.6 Å². The second-order valence-electron chi connectivity index (χ2n) is 6.76. The number of nitrogens with zero attached hydrogens (tertiary/aromatic N) is 1. The molecule has 0 amide bonds. The van der Waals surface area contributed by atoms with Crippen molar-refractivity contribution in [3.05, 3.63) is 35.4 Å². The van der Waals surface area contributed by atoms with E-state index in [1.54, 1.807) is 6.92 Å². The lowest BCUT2D eigenvalue weighted by Crippen LogP contribution is -2.38. The summed E-state index contributed by atoms with van der Waals surface area (Å²) < 4.78 is 0. The zero-order valence-corrected chi connectivity index (χ0v) is 13.5. The van der Waals surface area contributed by atoms with Gasteiger partial charge in [0.2, 0.25) is 0 Å². The minimum atomic E-state index is -0.781. The van der Waals surface area contributed by atoms with E-state index in [1.807, 2.05) is 24.3 Å². The Kier molecular flexibility index (Phi) is 5.35. The monoisotopic (exact) mass is 277 g/mol. The molecule has 1 aromatic carbocycles. The molecule has 0 fully saturated rings. The summed E-state index contributed by atoms with van der Waals surface area (Å²) in [5.41, 5.74) is 2.31. The van der Waals surface area contributed by atoms with Crippen molar-refractivity contribution >= 4 is 5.97 Å². The van der Waals surface area contributed by atoms with Gasteiger partial charge in [0.1, 0.15) is 0 Å². The van der Waals surface area contributed by atoms with Crippen molar-refractivity contribution in [1.82, 2.24) is 4.90 Å². The van der Waals surface area contributed by atoms with Crippen LogP contribution >= 0.6 is 0 Å². The molecule has 112 valence electrons. The lowest BCUT2D eigenvalue weighted by Gasteiger charge is -2.35. The van der Waals surface area contributed by atoms with Crippen molar-refractivity contribution in [3.8, 4) is 0 Å². The summed E-state index contributed by atoms with van der Waals surface area (Å²) in [5.74, 6) is -1.23. The van der Waals surface area contributed by atoms with Crippen LogP contribution < -0.4 is 0 Å². The molecule has 1 aromatic rings. The molecule has 0 saturated carbocycles. The Hall–Kier alpha value is -1.35. The first kappa shape index (κ1) is 16.7. The molecule has 0 aromatic heterocycles. The predicted octanol–water partition coefficient (Wildman–Crippen LogP) is 3.74. The van der Waals surface area contributed by atoms with Crippen molar-refractivity contribution in [2.24, 2.45) is 5.41 Å². The Bertz CT molecular complexity index is 445. The van der Waals surface area contributed by atoms with Gasteiger partial charge < -0.3 is 5.11 Å². The van der Waals surface area contributed by atoms with Gasteiger partial charge in [-0.05, 0) is 37.4 Å². The highest BCUT2D eigenvalue weighted by Crippen LogP contribution is 2.24. The molecule has 3 heteroatoms. The highest BCUT2D eigenvalue weighted by Gasteiger charge is 2.23. The number of rotatable bonds is 5. The fourth-order valence-electron chi connectivity index (χ4n) is 2.14. The first-order valence-electron chi connectivity index (χ1n) is 7.15. The average Bonchev–Trinajstić information content (AvgIpc) is 2.36. The van der Waals surface area contributed by atoms with E-state index in [2.05, 4.69) is 39.6 Å². The SMILES string of the molecule is CC(C(=O)O)c1ccc(CN(C)C(C)C(C)(C)C)cc1. The lowest BCUT2D eigenvalue weighted by molar-refractivity contribution is -0.138. The minimum Gasteiger partial charge on any atom is -0.481 e. The molecule has 0 aliphatic heterocycles. The molecule has 0 radical (unpaired) electrons. The van der Waals surface area contributed by atoms with E-state index in [0.29, 0.717) is 6.04 Å². The molecule has 2 atom stereocenters. The van der Waals surface area contributed by atoms with Crippen LogP contribution in [0.3, 0.4) is 0 Å². The van der Waals surface area contributed by atoms with Crippen molar-refractivity contribution in [2.45, 2.75) is 53.1 Å². The van der Waals surface area contributed by atoms with Crippen LogP contribution in [0, 0.1) is 5.41 Å². The summed E-state index contributed by atoms with van der Waals surface area (Å²) in [6, 6.07) is 8.37. The van der Waals surface area contributed by atoms with Crippen LogP contribution in [0.1, 0.15) is 51.7 Å². The maximum Gasteiger partial charge on any atom is 0.310 e. The van der Waals surface area contributed by atoms with Gasteiger partial charge in [-0.25, -0.2) is 0 Å². The molecule has 20 heavy (non-hydrogen) atoms. The van der Waals surface area contributed by atoms with Crippen LogP contribution in [0.5, 0.6) is 0 Å². The number of hydrogen-bond donors (Lipinski definition) is 1. The van der Waals surface area contributed by atoms with Crippen molar-refractivity contribution in [1.29, 1.82) is 0 Å². The first-order valence-corrected chi connectivity index (χ1v) is 7.15. The number of hydrogen-bond acceptors (Lipinski definition) is 2. The first-order chi connectivity index (χ1) is 9.12. The Morgan fingerprint density at radius 1 is 1.20 bits per heavy atom. The van der Waals surface area contributed by atoms with Gasteiger partial charge in [0.15, 0.2) is 0 Å². The molecule has 0 heterocycles. The summed E-state index contributed by atoms with van der Waals surface area (Å²) in [4.78, 5) is 13.3. The van der Waals surface area contributed by atoms with Gasteiger partial charge in [-0.2, -0.15) is 0 Å². The second-order valence-corrected chi connectivity index (χ2v) is 6.76. The molecule has 0 spiro atoms. The van der Waals surface area contributed by atoms with E-state index >= 15 is 0 Å². The number of carbonyl (C=O) groups is 1. The fraction of sp³-hybridized carbons (Fsp3) is 0.588. The smallest absolute Gasteiger partial charge is 0.310 e. The third-order valence-electron chi connectivity index (χ3n) is 4.20. The molecule has 0 bridgehead atoms. The average molecular weight is 277 g/mol. The van der Waals surface area contributed by atoms with Crippen LogP contribution in [0.15, 0.2) is 24.3 Å². The molecule has 0 aliphatic rings. The Morgan fingerprint density at radius 2 is 1.70 bits per heavy atom. The lowest BCUT2D eigenvalue weighted by atomic mass is 9.87. The number of carboxylic acids is 1. The topological polar surface area (TPSA) is 40.5 Å². The maximum atomic E-state index is 11.0. The highest BCUT2D eigenvalue weighted by molar-refractivity contribution is 5.75. The Labute approximate surface area is 122 Å². The molecule has 1 rings (SSSR count). The van der Waals surface area contributed by atoms with E-state index in [-0.39, 0.29) is 5.41 Å². The summed E-state index contributed by atoms with van der Waals surface area (Å²) in [6.07, 6.45) is 0. The molecule has 0 saturated heterocycles. The Morgan fingerprint density at radius 3 is 2.10 bits per heavy atom. The van der Waals surface area contributed by atoms with Crippen LogP contribution in [-0.2, 0) is 11.3 Å². The molecule has 0 aliphatic carbocycles.